The zero-order valence-corrected chi connectivity index (χ0v) is 9.03. The maximum atomic E-state index is 13.4. The average Bonchev–Trinajstić information content (AvgIpc) is 2.81. The molecule has 2 N–H and O–H groups in total. The average molecular weight is 235 g/mol. The van der Waals surface area contributed by atoms with Gasteiger partial charge in [-0.05, 0) is 18.2 Å². The maximum absolute atomic E-state index is 13.4. The smallest absolute Gasteiger partial charge is 0.256 e. The lowest BCUT2D eigenvalue weighted by Crippen LogP contribution is -2.12. The lowest BCUT2D eigenvalue weighted by molar-refractivity contribution is 0.102. The third kappa shape index (κ3) is 2.41. The number of amides is 1. The van der Waals surface area contributed by atoms with E-state index >= 15 is 0 Å². The quantitative estimate of drug-likeness (QED) is 0.852. The summed E-state index contributed by atoms with van der Waals surface area (Å²) in [5, 5.41) is 8.79. The molecule has 1 heterocycles. The van der Waals surface area contributed by atoms with E-state index in [9.17, 15) is 9.18 Å². The Kier molecular flexibility index (Phi) is 3.04. The Bertz CT molecular complexity index is 526. The number of methoxy groups -OCH3 is 1. The molecule has 5 nitrogen and oxygen atoms in total. The van der Waals surface area contributed by atoms with Gasteiger partial charge in [-0.3, -0.25) is 9.89 Å². The fourth-order valence-corrected chi connectivity index (χ4v) is 1.33. The van der Waals surface area contributed by atoms with Crippen LogP contribution in [0, 0.1) is 5.82 Å². The molecule has 88 valence electrons. The van der Waals surface area contributed by atoms with Gasteiger partial charge in [0.25, 0.3) is 5.91 Å². The number of carbonyl (C=O) groups excluding carboxylic acids is 1. The molecule has 1 aromatic carbocycles. The minimum atomic E-state index is -0.579. The first-order valence-electron chi connectivity index (χ1n) is 4.85. The summed E-state index contributed by atoms with van der Waals surface area (Å²) in [5.41, 5.74) is 0.206. The van der Waals surface area contributed by atoms with E-state index in [0.29, 0.717) is 5.82 Å². The van der Waals surface area contributed by atoms with Gasteiger partial charge in [0.05, 0.1) is 13.3 Å². The van der Waals surface area contributed by atoms with Crippen LogP contribution in [0.4, 0.5) is 10.2 Å². The minimum Gasteiger partial charge on any atom is -0.494 e. The third-order valence-electron chi connectivity index (χ3n) is 2.16. The Morgan fingerprint density at radius 1 is 1.47 bits per heavy atom. The SMILES string of the molecule is COc1ccc(C(=O)Nc2ccn[nH]2)cc1F. The van der Waals surface area contributed by atoms with Gasteiger partial charge in [0.1, 0.15) is 5.82 Å². The minimum absolute atomic E-state index is 0.100. The van der Waals surface area contributed by atoms with E-state index in [2.05, 4.69) is 15.5 Å². The number of anilines is 1. The molecule has 0 spiro atoms. The first-order valence-corrected chi connectivity index (χ1v) is 4.85. The summed E-state index contributed by atoms with van der Waals surface area (Å²) < 4.78 is 18.1. The molecular weight excluding hydrogens is 225 g/mol. The highest BCUT2D eigenvalue weighted by Crippen LogP contribution is 2.18. The van der Waals surface area contributed by atoms with Crippen LogP contribution in [0.1, 0.15) is 10.4 Å². The molecule has 0 bridgehead atoms. The second kappa shape index (κ2) is 4.65. The van der Waals surface area contributed by atoms with Crippen molar-refractivity contribution < 1.29 is 13.9 Å². The van der Waals surface area contributed by atoms with Gasteiger partial charge in [-0.15, -0.1) is 0 Å². The summed E-state index contributed by atoms with van der Waals surface area (Å²) in [7, 11) is 1.36. The maximum Gasteiger partial charge on any atom is 0.256 e. The normalized spacial score (nSPS) is 10.0. The molecule has 0 atom stereocenters. The molecule has 1 amide bonds. The summed E-state index contributed by atoms with van der Waals surface area (Å²) in [6.07, 6.45) is 1.50. The van der Waals surface area contributed by atoms with Crippen LogP contribution < -0.4 is 10.1 Å². The number of aromatic amines is 1. The highest BCUT2D eigenvalue weighted by Gasteiger charge is 2.10. The number of nitrogens with zero attached hydrogens (tertiary/aromatic N) is 1. The second-order valence-electron chi connectivity index (χ2n) is 3.27. The van der Waals surface area contributed by atoms with E-state index in [4.69, 9.17) is 4.74 Å². The molecule has 0 radical (unpaired) electrons. The summed E-state index contributed by atoms with van der Waals surface area (Å²) in [5.74, 6) is -0.449. The molecule has 0 fully saturated rings. The number of nitrogens with one attached hydrogen (secondary N) is 2. The van der Waals surface area contributed by atoms with Crippen molar-refractivity contribution in [2.45, 2.75) is 0 Å². The fraction of sp³-hybridized carbons (Fsp3) is 0.0909. The lowest BCUT2D eigenvalue weighted by Gasteiger charge is -2.05. The number of aromatic nitrogens is 2. The van der Waals surface area contributed by atoms with Crippen molar-refractivity contribution in [3.05, 3.63) is 41.8 Å². The van der Waals surface area contributed by atoms with Crippen molar-refractivity contribution >= 4 is 11.7 Å². The monoisotopic (exact) mass is 235 g/mol. The van der Waals surface area contributed by atoms with Crippen LogP contribution >= 0.6 is 0 Å². The zero-order chi connectivity index (χ0) is 12.3. The van der Waals surface area contributed by atoms with Crippen molar-refractivity contribution in [1.82, 2.24) is 10.2 Å². The summed E-state index contributed by atoms with van der Waals surface area (Å²) in [6.45, 7) is 0. The van der Waals surface area contributed by atoms with Crippen LogP contribution in [0.5, 0.6) is 5.75 Å². The van der Waals surface area contributed by atoms with Crippen molar-refractivity contribution in [1.29, 1.82) is 0 Å². The fourth-order valence-electron chi connectivity index (χ4n) is 1.33. The molecule has 0 saturated heterocycles. The van der Waals surface area contributed by atoms with Crippen LogP contribution in [-0.2, 0) is 0 Å². The van der Waals surface area contributed by atoms with Crippen LogP contribution in [0.15, 0.2) is 30.5 Å². The lowest BCUT2D eigenvalue weighted by atomic mass is 10.2. The van der Waals surface area contributed by atoms with Crippen molar-refractivity contribution in [2.24, 2.45) is 0 Å². The topological polar surface area (TPSA) is 67.0 Å². The molecule has 0 saturated carbocycles. The number of hydrogen-bond acceptors (Lipinski definition) is 3. The van der Waals surface area contributed by atoms with Gasteiger partial charge in [-0.1, -0.05) is 0 Å². The highest BCUT2D eigenvalue weighted by atomic mass is 19.1. The van der Waals surface area contributed by atoms with E-state index in [1.165, 1.54) is 25.4 Å². The predicted molar refractivity (Wildman–Crippen MR) is 59.5 cm³/mol. The zero-order valence-electron chi connectivity index (χ0n) is 9.03. The second-order valence-corrected chi connectivity index (χ2v) is 3.27. The molecule has 1 aromatic heterocycles. The van der Waals surface area contributed by atoms with Crippen LogP contribution in [0.2, 0.25) is 0 Å². The number of hydrogen-bond donors (Lipinski definition) is 2. The summed E-state index contributed by atoms with van der Waals surface area (Å²) >= 11 is 0. The van der Waals surface area contributed by atoms with Gasteiger partial charge in [0, 0.05) is 11.6 Å². The number of H-pyrrole nitrogens is 1. The summed E-state index contributed by atoms with van der Waals surface area (Å²) in [6, 6.07) is 5.59. The molecule has 0 aliphatic rings. The summed E-state index contributed by atoms with van der Waals surface area (Å²) in [4.78, 5) is 11.7. The molecule has 0 aliphatic heterocycles. The van der Waals surface area contributed by atoms with E-state index in [1.807, 2.05) is 0 Å². The molecule has 2 aromatic rings. The van der Waals surface area contributed by atoms with Gasteiger partial charge in [0.15, 0.2) is 11.6 Å². The van der Waals surface area contributed by atoms with Gasteiger partial charge in [-0.2, -0.15) is 5.10 Å². The highest BCUT2D eigenvalue weighted by molar-refractivity contribution is 6.03. The molecule has 0 aliphatic carbocycles. The first-order chi connectivity index (χ1) is 8.20. The molecule has 6 heteroatoms. The number of rotatable bonds is 3. The van der Waals surface area contributed by atoms with E-state index in [1.54, 1.807) is 6.07 Å². The Balaban J connectivity index is 2.17. The van der Waals surface area contributed by atoms with Gasteiger partial charge >= 0.3 is 0 Å². The van der Waals surface area contributed by atoms with Gasteiger partial charge in [-0.25, -0.2) is 4.39 Å². The van der Waals surface area contributed by atoms with Crippen molar-refractivity contribution in [3.8, 4) is 5.75 Å². The first kappa shape index (κ1) is 11.1. The van der Waals surface area contributed by atoms with Crippen molar-refractivity contribution in [3.63, 3.8) is 0 Å². The molecule has 0 unspecified atom stereocenters. The van der Waals surface area contributed by atoms with Crippen LogP contribution in [0.3, 0.4) is 0 Å². The van der Waals surface area contributed by atoms with Crippen LogP contribution in [-0.4, -0.2) is 23.2 Å². The van der Waals surface area contributed by atoms with E-state index in [0.717, 1.165) is 6.07 Å². The predicted octanol–water partition coefficient (Wildman–Crippen LogP) is 1.81. The number of ether oxygens (including phenoxy) is 1. The van der Waals surface area contributed by atoms with Gasteiger partial charge < -0.3 is 10.1 Å². The molecule has 17 heavy (non-hydrogen) atoms. The number of halogens is 1. The molecule has 2 rings (SSSR count). The standard InChI is InChI=1S/C11H10FN3O2/c1-17-9-3-2-7(6-8(9)12)11(16)14-10-4-5-13-15-10/h2-6H,1H3,(H2,13,14,15,16). The Morgan fingerprint density at radius 2 is 2.29 bits per heavy atom. The number of carbonyl (C=O) groups is 1. The Morgan fingerprint density at radius 3 is 2.88 bits per heavy atom. The van der Waals surface area contributed by atoms with Crippen LogP contribution in [0.25, 0.3) is 0 Å². The van der Waals surface area contributed by atoms with E-state index < -0.39 is 11.7 Å². The van der Waals surface area contributed by atoms with E-state index in [-0.39, 0.29) is 11.3 Å². The third-order valence-corrected chi connectivity index (χ3v) is 2.16. The van der Waals surface area contributed by atoms with Gasteiger partial charge in [0.2, 0.25) is 0 Å². The number of benzene rings is 1. The largest absolute Gasteiger partial charge is 0.494 e. The van der Waals surface area contributed by atoms with Crippen molar-refractivity contribution in [2.75, 3.05) is 12.4 Å². The Hall–Kier alpha value is -2.37. The Labute approximate surface area is 96.6 Å². The molecular formula is C11H10FN3O2.